The summed E-state index contributed by atoms with van der Waals surface area (Å²) < 4.78 is 24.3. The minimum atomic E-state index is -0.884. The minimum Gasteiger partial charge on any atom is -0.414 e. The second-order valence-electron chi connectivity index (χ2n) is 8.64. The highest BCUT2D eigenvalue weighted by Gasteiger charge is 2.18. The molecular weight excluding hydrogens is 479 g/mol. The third-order valence-electron chi connectivity index (χ3n) is 5.72. The smallest absolute Gasteiger partial charge is 0.270 e. The molecule has 2 aromatic heterocycles. The molecule has 0 aliphatic carbocycles. The minimum absolute atomic E-state index is 0.202. The van der Waals surface area contributed by atoms with Crippen LogP contribution in [-0.4, -0.2) is 51.3 Å². The molecule has 0 radical (unpaired) electrons. The average molecular weight is 507 g/mol. The van der Waals surface area contributed by atoms with Crippen LogP contribution in [0.15, 0.2) is 64.0 Å². The van der Waals surface area contributed by atoms with Crippen LogP contribution in [0.2, 0.25) is 0 Å². The zero-order valence-electron chi connectivity index (χ0n) is 19.9. The Balaban J connectivity index is 1.30. The number of nitrogens with two attached hydrogens (primary N) is 1. The van der Waals surface area contributed by atoms with Gasteiger partial charge in [0, 0.05) is 41.0 Å². The monoisotopic (exact) mass is 506 g/mol. The lowest BCUT2D eigenvalue weighted by Crippen LogP contribution is -2.21. The SMILES string of the molecule is CC(F)CNCc1ccc(-c2nnc(-c3nc(-c4ccc(SC5CCOC5)cc4)cnc3N)o2)cc1. The van der Waals surface area contributed by atoms with Gasteiger partial charge in [0.15, 0.2) is 11.5 Å². The highest BCUT2D eigenvalue weighted by molar-refractivity contribution is 8.00. The van der Waals surface area contributed by atoms with E-state index in [0.717, 1.165) is 36.3 Å². The lowest BCUT2D eigenvalue weighted by Gasteiger charge is -2.08. The normalized spacial score (nSPS) is 16.3. The molecule has 1 saturated heterocycles. The Hall–Kier alpha value is -3.34. The summed E-state index contributed by atoms with van der Waals surface area (Å²) in [5.41, 5.74) is 9.82. The molecule has 186 valence electrons. The Labute approximate surface area is 212 Å². The van der Waals surface area contributed by atoms with Crippen molar-refractivity contribution in [1.29, 1.82) is 0 Å². The number of anilines is 1. The molecule has 2 unspecified atom stereocenters. The van der Waals surface area contributed by atoms with Gasteiger partial charge in [0.1, 0.15) is 6.17 Å². The quantitative estimate of drug-likeness (QED) is 0.331. The molecule has 36 heavy (non-hydrogen) atoms. The van der Waals surface area contributed by atoms with Gasteiger partial charge in [-0.15, -0.1) is 22.0 Å². The summed E-state index contributed by atoms with van der Waals surface area (Å²) in [4.78, 5) is 10.2. The lowest BCUT2D eigenvalue weighted by atomic mass is 10.1. The first-order chi connectivity index (χ1) is 17.5. The molecule has 2 aromatic carbocycles. The van der Waals surface area contributed by atoms with Gasteiger partial charge in [-0.25, -0.2) is 14.4 Å². The summed E-state index contributed by atoms with van der Waals surface area (Å²) in [7, 11) is 0. The Kier molecular flexibility index (Phi) is 7.55. The van der Waals surface area contributed by atoms with Crippen LogP contribution in [-0.2, 0) is 11.3 Å². The van der Waals surface area contributed by atoms with E-state index in [1.807, 2.05) is 48.2 Å². The van der Waals surface area contributed by atoms with Gasteiger partial charge >= 0.3 is 0 Å². The maximum absolute atomic E-state index is 13.0. The van der Waals surface area contributed by atoms with Crippen molar-refractivity contribution in [2.45, 2.75) is 36.2 Å². The molecule has 3 heterocycles. The van der Waals surface area contributed by atoms with Crippen LogP contribution >= 0.6 is 11.8 Å². The number of nitrogens with one attached hydrogen (secondary N) is 1. The number of nitrogen functional groups attached to an aromatic ring is 1. The van der Waals surface area contributed by atoms with Crippen molar-refractivity contribution in [2.24, 2.45) is 0 Å². The first kappa shape index (κ1) is 24.4. The molecule has 8 nitrogen and oxygen atoms in total. The molecule has 2 atom stereocenters. The summed E-state index contributed by atoms with van der Waals surface area (Å²) >= 11 is 1.83. The van der Waals surface area contributed by atoms with Crippen molar-refractivity contribution >= 4 is 17.6 Å². The third-order valence-corrected chi connectivity index (χ3v) is 6.97. The summed E-state index contributed by atoms with van der Waals surface area (Å²) in [6, 6.07) is 15.8. The first-order valence-corrected chi connectivity index (χ1v) is 12.7. The number of hydrogen-bond acceptors (Lipinski definition) is 9. The van der Waals surface area contributed by atoms with E-state index >= 15 is 0 Å². The molecule has 4 aromatic rings. The standard InChI is InChI=1S/C26H27FN6O2S/c1-16(27)12-29-13-17-2-4-19(5-3-17)25-32-33-26(35-25)23-24(28)30-14-22(31-23)18-6-8-20(9-7-18)36-21-10-11-34-15-21/h2-9,14,16,21,29H,10-13,15H2,1H3,(H2,28,30). The number of halogens is 1. The van der Waals surface area contributed by atoms with Crippen LogP contribution in [0.1, 0.15) is 18.9 Å². The Morgan fingerprint density at radius 2 is 1.83 bits per heavy atom. The maximum atomic E-state index is 13.0. The second kappa shape index (κ2) is 11.2. The molecule has 0 saturated carbocycles. The number of aromatic nitrogens is 4. The van der Waals surface area contributed by atoms with E-state index in [1.54, 1.807) is 6.20 Å². The molecule has 0 spiro atoms. The van der Waals surface area contributed by atoms with Crippen LogP contribution in [0.5, 0.6) is 0 Å². The summed E-state index contributed by atoms with van der Waals surface area (Å²) in [6.07, 6.45) is 1.83. The highest BCUT2D eigenvalue weighted by atomic mass is 32.2. The van der Waals surface area contributed by atoms with Crippen LogP contribution in [0.4, 0.5) is 10.2 Å². The molecule has 10 heteroatoms. The van der Waals surface area contributed by atoms with Gasteiger partial charge in [0.2, 0.25) is 5.89 Å². The van der Waals surface area contributed by atoms with Gasteiger partial charge in [-0.2, -0.15) is 0 Å². The van der Waals surface area contributed by atoms with E-state index in [-0.39, 0.29) is 11.7 Å². The van der Waals surface area contributed by atoms with Crippen LogP contribution < -0.4 is 11.1 Å². The number of benzene rings is 2. The van der Waals surface area contributed by atoms with Crippen LogP contribution in [0, 0.1) is 0 Å². The van der Waals surface area contributed by atoms with Crippen molar-refractivity contribution in [2.75, 3.05) is 25.5 Å². The topological polar surface area (TPSA) is 112 Å². The molecule has 5 rings (SSSR count). The molecule has 1 fully saturated rings. The maximum Gasteiger partial charge on any atom is 0.270 e. The van der Waals surface area contributed by atoms with Crippen LogP contribution in [0.3, 0.4) is 0 Å². The Morgan fingerprint density at radius 3 is 2.56 bits per heavy atom. The van der Waals surface area contributed by atoms with Gasteiger partial charge in [0.25, 0.3) is 5.89 Å². The molecule has 0 amide bonds. The van der Waals surface area contributed by atoms with E-state index < -0.39 is 6.17 Å². The highest BCUT2D eigenvalue weighted by Crippen LogP contribution is 2.31. The zero-order valence-corrected chi connectivity index (χ0v) is 20.7. The number of rotatable bonds is 9. The van der Waals surface area contributed by atoms with Crippen molar-refractivity contribution in [3.05, 3.63) is 60.3 Å². The molecular formula is C26H27FN6O2S. The third kappa shape index (κ3) is 5.89. The summed E-state index contributed by atoms with van der Waals surface area (Å²) in [5, 5.41) is 11.9. The average Bonchev–Trinajstić information content (AvgIpc) is 3.58. The van der Waals surface area contributed by atoms with Gasteiger partial charge in [-0.05, 0) is 43.2 Å². The van der Waals surface area contributed by atoms with E-state index in [4.69, 9.17) is 14.9 Å². The van der Waals surface area contributed by atoms with E-state index in [9.17, 15) is 4.39 Å². The van der Waals surface area contributed by atoms with Gasteiger partial charge in [0.05, 0.1) is 18.5 Å². The van der Waals surface area contributed by atoms with Gasteiger partial charge in [-0.1, -0.05) is 24.3 Å². The predicted octanol–water partition coefficient (Wildman–Crippen LogP) is 4.77. The zero-order chi connectivity index (χ0) is 24.9. The summed E-state index contributed by atoms with van der Waals surface area (Å²) in [5.74, 6) is 0.768. The Bertz CT molecular complexity index is 1290. The second-order valence-corrected chi connectivity index (χ2v) is 10.0. The fourth-order valence-corrected chi connectivity index (χ4v) is 4.87. The predicted molar refractivity (Wildman–Crippen MR) is 138 cm³/mol. The van der Waals surface area contributed by atoms with E-state index in [2.05, 4.69) is 37.6 Å². The number of alkyl halides is 1. The summed E-state index contributed by atoms with van der Waals surface area (Å²) in [6.45, 7) is 4.05. The molecule has 1 aliphatic rings. The van der Waals surface area contributed by atoms with Crippen molar-refractivity contribution in [3.63, 3.8) is 0 Å². The van der Waals surface area contributed by atoms with Gasteiger partial charge in [-0.3, -0.25) is 0 Å². The van der Waals surface area contributed by atoms with E-state index in [1.165, 1.54) is 11.8 Å². The van der Waals surface area contributed by atoms with Crippen molar-refractivity contribution in [1.82, 2.24) is 25.5 Å². The first-order valence-electron chi connectivity index (χ1n) is 11.8. The fraction of sp³-hybridized carbons (Fsp3) is 0.308. The van der Waals surface area contributed by atoms with Crippen molar-refractivity contribution in [3.8, 4) is 34.3 Å². The largest absolute Gasteiger partial charge is 0.414 e. The molecule has 1 aliphatic heterocycles. The number of thioether (sulfide) groups is 1. The number of nitrogens with zero attached hydrogens (tertiary/aromatic N) is 4. The van der Waals surface area contributed by atoms with E-state index in [0.29, 0.717) is 35.6 Å². The fourth-order valence-electron chi connectivity index (χ4n) is 3.81. The lowest BCUT2D eigenvalue weighted by molar-refractivity contribution is 0.199. The molecule has 3 N–H and O–H groups in total. The number of ether oxygens (including phenoxy) is 1. The Morgan fingerprint density at radius 1 is 1.08 bits per heavy atom. The van der Waals surface area contributed by atoms with Crippen molar-refractivity contribution < 1.29 is 13.5 Å². The van der Waals surface area contributed by atoms with Crippen LogP contribution in [0.25, 0.3) is 34.3 Å². The van der Waals surface area contributed by atoms with Gasteiger partial charge < -0.3 is 20.2 Å². The molecule has 0 bridgehead atoms. The number of hydrogen-bond donors (Lipinski definition) is 2.